The van der Waals surface area contributed by atoms with Gasteiger partial charge in [-0.3, -0.25) is 4.89 Å². The molecule has 8 nitrogen and oxygen atoms in total. The van der Waals surface area contributed by atoms with Gasteiger partial charge in [0.1, 0.15) is 24.0 Å². The highest BCUT2D eigenvalue weighted by atomic mass is 19.1. The Morgan fingerprint density at radius 1 is 0.723 bits per heavy atom. The van der Waals surface area contributed by atoms with Gasteiger partial charge < -0.3 is 14.2 Å². The van der Waals surface area contributed by atoms with Crippen molar-refractivity contribution in [2.24, 2.45) is 5.92 Å². The average Bonchev–Trinajstić information content (AvgIpc) is 3.33. The van der Waals surface area contributed by atoms with E-state index in [9.17, 15) is 23.2 Å². The minimum atomic E-state index is -1.36. The first-order chi connectivity index (χ1) is 31.6. The third-order valence-electron chi connectivity index (χ3n) is 12.9. The van der Waals surface area contributed by atoms with Crippen LogP contribution in [-0.4, -0.2) is 31.6 Å². The molecule has 8 rings (SSSR count). The number of hydrogen-bond acceptors (Lipinski definition) is 8. The summed E-state index contributed by atoms with van der Waals surface area (Å²) in [4.78, 5) is 48.2. The molecule has 0 radical (unpaired) electrons. The van der Waals surface area contributed by atoms with Gasteiger partial charge in [-0.1, -0.05) is 105 Å². The Labute approximate surface area is 378 Å². The fourth-order valence-corrected chi connectivity index (χ4v) is 9.33. The molecule has 0 unspecified atom stereocenters. The highest BCUT2D eigenvalue weighted by Gasteiger charge is 2.40. The molecule has 1 fully saturated rings. The minimum Gasteiger partial charge on any atom is -0.472 e. The molecule has 0 aromatic heterocycles. The Morgan fingerprint density at radius 2 is 1.37 bits per heavy atom. The van der Waals surface area contributed by atoms with Crippen LogP contribution in [0.4, 0.5) is 8.78 Å². The van der Waals surface area contributed by atoms with Crippen molar-refractivity contribution in [3.05, 3.63) is 177 Å². The van der Waals surface area contributed by atoms with Crippen LogP contribution < -0.4 is 4.74 Å². The SMILES string of the molecule is CCCCCC1CCC(c2ccc(COC(=O)c3ccc(-c4ccc5c6c(c(C(=O)OCC(=O)OOC)c(C)c5c4)C=CC(c4ccc(F)cc4)(c4ccc(F)cc4)O6)cc3)cc2)CC1. The molecule has 0 spiro atoms. The Kier molecular flexibility index (Phi) is 13.8. The molecule has 1 aliphatic carbocycles. The number of ether oxygens (including phenoxy) is 3. The van der Waals surface area contributed by atoms with Gasteiger partial charge in [0.05, 0.1) is 18.2 Å². The van der Waals surface area contributed by atoms with Gasteiger partial charge in [0, 0.05) is 22.1 Å². The van der Waals surface area contributed by atoms with E-state index in [-0.39, 0.29) is 12.2 Å². The number of hydrogen-bond donors (Lipinski definition) is 0. The van der Waals surface area contributed by atoms with Crippen LogP contribution in [0.2, 0.25) is 0 Å². The third kappa shape index (κ3) is 9.88. The van der Waals surface area contributed by atoms with Gasteiger partial charge in [-0.25, -0.2) is 23.2 Å². The van der Waals surface area contributed by atoms with E-state index in [1.165, 1.54) is 81.2 Å². The maximum atomic E-state index is 14.3. The normalized spacial score (nSPS) is 16.3. The molecule has 0 atom stereocenters. The molecule has 2 aliphatic rings. The number of aryl methyl sites for hydroxylation is 1. The Balaban J connectivity index is 1.04. The summed E-state index contributed by atoms with van der Waals surface area (Å²) in [7, 11) is 1.16. The lowest BCUT2D eigenvalue weighted by Crippen LogP contribution is -2.35. The molecule has 0 amide bonds. The second kappa shape index (κ2) is 20.0. The van der Waals surface area contributed by atoms with Crippen LogP contribution in [-0.2, 0) is 36.3 Å². The molecule has 6 aromatic carbocycles. The van der Waals surface area contributed by atoms with Crippen LogP contribution in [0.15, 0.2) is 121 Å². The van der Waals surface area contributed by atoms with Crippen molar-refractivity contribution in [2.45, 2.75) is 83.3 Å². The summed E-state index contributed by atoms with van der Waals surface area (Å²) in [6, 6.07) is 33.0. The molecule has 334 valence electrons. The molecule has 1 heterocycles. The first kappa shape index (κ1) is 44.9. The summed E-state index contributed by atoms with van der Waals surface area (Å²) in [5, 5.41) is 1.28. The van der Waals surface area contributed by atoms with E-state index in [2.05, 4.69) is 41.0 Å². The highest BCUT2D eigenvalue weighted by molar-refractivity contribution is 6.07. The molecule has 10 heteroatoms. The smallest absolute Gasteiger partial charge is 0.379 e. The first-order valence-electron chi connectivity index (χ1n) is 22.3. The van der Waals surface area contributed by atoms with E-state index in [1.54, 1.807) is 55.5 Å². The molecule has 1 aliphatic heterocycles. The summed E-state index contributed by atoms with van der Waals surface area (Å²) < 4.78 is 46.7. The van der Waals surface area contributed by atoms with E-state index in [1.807, 2.05) is 30.3 Å². The predicted octanol–water partition coefficient (Wildman–Crippen LogP) is 12.9. The van der Waals surface area contributed by atoms with Gasteiger partial charge >= 0.3 is 17.9 Å². The monoisotopic (exact) mass is 878 g/mol. The Morgan fingerprint density at radius 3 is 2.00 bits per heavy atom. The van der Waals surface area contributed by atoms with Crippen molar-refractivity contribution in [3.63, 3.8) is 0 Å². The zero-order valence-electron chi connectivity index (χ0n) is 36.9. The van der Waals surface area contributed by atoms with E-state index in [0.29, 0.717) is 50.3 Å². The van der Waals surface area contributed by atoms with Gasteiger partial charge in [0.2, 0.25) is 0 Å². The fourth-order valence-electron chi connectivity index (χ4n) is 9.33. The largest absolute Gasteiger partial charge is 0.472 e. The molecule has 6 aromatic rings. The van der Waals surface area contributed by atoms with E-state index < -0.39 is 41.8 Å². The van der Waals surface area contributed by atoms with Crippen LogP contribution >= 0.6 is 0 Å². The maximum Gasteiger partial charge on any atom is 0.379 e. The minimum absolute atomic E-state index is 0.144. The zero-order chi connectivity index (χ0) is 45.5. The molecular weight excluding hydrogens is 827 g/mol. The number of halogens is 2. The van der Waals surface area contributed by atoms with E-state index >= 15 is 0 Å². The van der Waals surface area contributed by atoms with Crippen LogP contribution in [0.25, 0.3) is 28.0 Å². The zero-order valence-corrected chi connectivity index (χ0v) is 36.9. The number of esters is 2. The topological polar surface area (TPSA) is 97.4 Å². The predicted molar refractivity (Wildman–Crippen MR) is 245 cm³/mol. The van der Waals surface area contributed by atoms with Crippen molar-refractivity contribution in [1.82, 2.24) is 0 Å². The number of unbranched alkanes of at least 4 members (excludes halogenated alkanes) is 2. The summed E-state index contributed by atoms with van der Waals surface area (Å²) in [6.45, 7) is 3.49. The van der Waals surface area contributed by atoms with Crippen LogP contribution in [0, 0.1) is 24.5 Å². The number of fused-ring (bicyclic) bond motifs is 3. The summed E-state index contributed by atoms with van der Waals surface area (Å²) in [6.07, 6.45) is 13.8. The van der Waals surface area contributed by atoms with Crippen molar-refractivity contribution >= 4 is 34.8 Å². The van der Waals surface area contributed by atoms with Gasteiger partial charge in [0.25, 0.3) is 0 Å². The lowest BCUT2D eigenvalue weighted by molar-refractivity contribution is -0.257. The van der Waals surface area contributed by atoms with Crippen LogP contribution in [0.3, 0.4) is 0 Å². The first-order valence-corrected chi connectivity index (χ1v) is 22.3. The molecule has 1 saturated carbocycles. The second-order valence-corrected chi connectivity index (χ2v) is 17.0. The number of carbonyl (C=O) groups is 3. The summed E-state index contributed by atoms with van der Waals surface area (Å²) in [5.74, 6) is -1.27. The van der Waals surface area contributed by atoms with Crippen molar-refractivity contribution < 1.29 is 47.2 Å². The second-order valence-electron chi connectivity index (χ2n) is 17.0. The maximum absolute atomic E-state index is 14.3. The summed E-state index contributed by atoms with van der Waals surface area (Å²) in [5.41, 5.74) is 5.12. The Hall–Kier alpha value is -6.65. The van der Waals surface area contributed by atoms with Gasteiger partial charge in [0.15, 0.2) is 12.2 Å². The fraction of sp³-hybridized carbons (Fsp3) is 0.291. The van der Waals surface area contributed by atoms with E-state index in [0.717, 1.165) is 29.7 Å². The third-order valence-corrected chi connectivity index (χ3v) is 12.9. The number of rotatable bonds is 15. The molecule has 65 heavy (non-hydrogen) atoms. The van der Waals surface area contributed by atoms with Crippen molar-refractivity contribution in [3.8, 4) is 16.9 Å². The van der Waals surface area contributed by atoms with Gasteiger partial charge in [-0.15, -0.1) is 0 Å². The van der Waals surface area contributed by atoms with Crippen LogP contribution in [0.5, 0.6) is 5.75 Å². The Bertz CT molecular complexity index is 2640. The summed E-state index contributed by atoms with van der Waals surface area (Å²) >= 11 is 0. The average molecular weight is 879 g/mol. The number of benzene rings is 6. The standard InChI is InChI=1S/C55H52F2O8/c1-4-5-6-7-36-8-12-38(13-9-36)39-14-10-37(11-15-39)33-62-53(59)41-18-16-40(17-19-41)42-20-29-47-49(32-42)35(2)51(54(60)63-34-50(58)65-61-3)48-30-31-55(64-52(47)48,43-21-25-45(56)26-22-43)44-23-27-46(57)28-24-44/h10-11,14-32,36,38H,4-9,12-13,33-34H2,1-3H3. The molecule has 0 bridgehead atoms. The number of carbonyl (C=O) groups excluding carboxylic acids is 3. The van der Waals surface area contributed by atoms with Gasteiger partial charge in [-0.05, 0) is 132 Å². The quantitative estimate of drug-likeness (QED) is 0.0435. The molecular formula is C55H52F2O8. The molecule has 0 saturated heterocycles. The van der Waals surface area contributed by atoms with E-state index in [4.69, 9.17) is 14.2 Å². The van der Waals surface area contributed by atoms with Gasteiger partial charge in [-0.2, -0.15) is 4.89 Å². The van der Waals surface area contributed by atoms with Crippen molar-refractivity contribution in [2.75, 3.05) is 13.7 Å². The highest BCUT2D eigenvalue weighted by Crippen LogP contribution is 2.48. The van der Waals surface area contributed by atoms with Crippen molar-refractivity contribution in [1.29, 1.82) is 0 Å². The lowest BCUT2D eigenvalue weighted by Gasteiger charge is -2.37. The lowest BCUT2D eigenvalue weighted by atomic mass is 9.77. The molecule has 0 N–H and O–H groups in total. The van der Waals surface area contributed by atoms with Crippen LogP contribution in [0.1, 0.15) is 118 Å².